The Balaban J connectivity index is 2.10. The Kier molecular flexibility index (Phi) is 3.78. The average molecular weight is 365 g/mol. The smallest absolute Gasteiger partial charge is 0.280 e. The van der Waals surface area contributed by atoms with E-state index in [1.54, 1.807) is 17.5 Å². The monoisotopic (exact) mass is 363 g/mol. The lowest BCUT2D eigenvalue weighted by atomic mass is 10.4. The predicted molar refractivity (Wildman–Crippen MR) is 71.9 cm³/mol. The van der Waals surface area contributed by atoms with Crippen LogP contribution in [0.5, 0.6) is 0 Å². The Labute approximate surface area is 112 Å². The number of nitrogens with zero attached hydrogens (tertiary/aromatic N) is 1. The molecule has 0 aliphatic heterocycles. The van der Waals surface area contributed by atoms with Crippen molar-refractivity contribution in [3.05, 3.63) is 41.8 Å². The van der Waals surface area contributed by atoms with Crippen molar-refractivity contribution in [2.24, 2.45) is 0 Å². The van der Waals surface area contributed by atoms with Gasteiger partial charge in [-0.3, -0.25) is 4.79 Å². The summed E-state index contributed by atoms with van der Waals surface area (Å²) in [5.41, 5.74) is 0.450. The lowest BCUT2D eigenvalue weighted by Crippen LogP contribution is -2.11. The molecule has 84 valence electrons. The van der Waals surface area contributed by atoms with Crippen molar-refractivity contribution in [2.45, 2.75) is 6.54 Å². The van der Waals surface area contributed by atoms with Crippen LogP contribution in [0.4, 0.5) is 5.69 Å². The predicted octanol–water partition coefficient (Wildman–Crippen LogP) is 2.97. The zero-order chi connectivity index (χ0) is 11.5. The molecule has 0 spiro atoms. The number of aromatic amines is 1. The highest BCUT2D eigenvalue weighted by Gasteiger charge is 2.04. The van der Waals surface area contributed by atoms with Gasteiger partial charge < -0.3 is 5.32 Å². The topological polar surface area (TPSA) is 57.8 Å². The van der Waals surface area contributed by atoms with Gasteiger partial charge in [0.25, 0.3) is 5.56 Å². The lowest BCUT2D eigenvalue weighted by molar-refractivity contribution is 0.973. The van der Waals surface area contributed by atoms with Gasteiger partial charge in [0, 0.05) is 11.4 Å². The molecule has 2 aromatic heterocycles. The number of nitrogens with one attached hydrogen (secondary N) is 2. The van der Waals surface area contributed by atoms with Crippen LogP contribution in [-0.2, 0) is 6.54 Å². The Morgan fingerprint density at radius 2 is 2.25 bits per heavy atom. The first-order chi connectivity index (χ1) is 7.66. The van der Waals surface area contributed by atoms with Gasteiger partial charge in [-0.25, -0.2) is 5.10 Å². The lowest BCUT2D eigenvalue weighted by Gasteiger charge is -2.04. The Bertz CT molecular complexity index is 552. The Morgan fingerprint density at radius 1 is 1.44 bits per heavy atom. The van der Waals surface area contributed by atoms with E-state index in [-0.39, 0.29) is 5.56 Å². The summed E-state index contributed by atoms with van der Waals surface area (Å²) >= 11 is 8.25. The zero-order valence-electron chi connectivity index (χ0n) is 7.96. The molecular formula is C9H7Br2N3OS. The highest BCUT2D eigenvalue weighted by Crippen LogP contribution is 2.23. The highest BCUT2D eigenvalue weighted by atomic mass is 79.9. The van der Waals surface area contributed by atoms with E-state index < -0.39 is 0 Å². The van der Waals surface area contributed by atoms with Crippen LogP contribution >= 0.6 is 43.2 Å². The molecule has 0 aromatic carbocycles. The highest BCUT2D eigenvalue weighted by molar-refractivity contribution is 9.11. The van der Waals surface area contributed by atoms with E-state index in [9.17, 15) is 4.79 Å². The summed E-state index contributed by atoms with van der Waals surface area (Å²) in [5, 5.41) is 9.22. The van der Waals surface area contributed by atoms with Crippen LogP contribution in [0.25, 0.3) is 0 Å². The van der Waals surface area contributed by atoms with Crippen LogP contribution < -0.4 is 10.9 Å². The summed E-state index contributed by atoms with van der Waals surface area (Å²) in [6.07, 6.45) is 1.58. The molecule has 0 saturated carbocycles. The first kappa shape index (κ1) is 11.8. The molecule has 0 amide bonds. The molecule has 0 saturated heterocycles. The van der Waals surface area contributed by atoms with Crippen molar-refractivity contribution in [1.29, 1.82) is 0 Å². The molecular weight excluding hydrogens is 358 g/mol. The minimum Gasteiger partial charge on any atom is -0.378 e. The van der Waals surface area contributed by atoms with E-state index in [4.69, 9.17) is 0 Å². The van der Waals surface area contributed by atoms with Crippen LogP contribution in [0.3, 0.4) is 0 Å². The number of anilines is 1. The Morgan fingerprint density at radius 3 is 2.94 bits per heavy atom. The minimum atomic E-state index is -0.239. The molecule has 2 rings (SSSR count). The molecule has 0 radical (unpaired) electrons. The SMILES string of the molecule is O=c1[nH]ncc(NCc2ccc(Br)s2)c1Br. The molecule has 4 nitrogen and oxygen atoms in total. The minimum absolute atomic E-state index is 0.239. The third kappa shape index (κ3) is 2.72. The van der Waals surface area contributed by atoms with Gasteiger partial charge in [0.05, 0.1) is 15.7 Å². The average Bonchev–Trinajstić information content (AvgIpc) is 2.67. The number of rotatable bonds is 3. The first-order valence-corrected chi connectivity index (χ1v) is 6.78. The van der Waals surface area contributed by atoms with E-state index in [0.717, 1.165) is 3.79 Å². The number of hydrogen-bond acceptors (Lipinski definition) is 4. The first-order valence-electron chi connectivity index (χ1n) is 4.38. The summed E-state index contributed by atoms with van der Waals surface area (Å²) in [5.74, 6) is 0. The summed E-state index contributed by atoms with van der Waals surface area (Å²) in [6.45, 7) is 0.667. The standard InChI is InChI=1S/C9H7Br2N3OS/c10-7-2-1-5(16-7)3-12-6-4-13-14-9(15)8(6)11/h1-2,4H,3H2,(H2,12,14,15). The summed E-state index contributed by atoms with van der Waals surface area (Å²) < 4.78 is 1.56. The quantitative estimate of drug-likeness (QED) is 0.880. The van der Waals surface area contributed by atoms with Gasteiger partial charge in [0.1, 0.15) is 4.47 Å². The summed E-state index contributed by atoms with van der Waals surface area (Å²) in [6, 6.07) is 4.02. The fraction of sp³-hybridized carbons (Fsp3) is 0.111. The van der Waals surface area contributed by atoms with E-state index >= 15 is 0 Å². The van der Waals surface area contributed by atoms with Crippen LogP contribution in [0.15, 0.2) is 31.4 Å². The van der Waals surface area contributed by atoms with E-state index in [0.29, 0.717) is 16.7 Å². The van der Waals surface area contributed by atoms with Crippen LogP contribution in [-0.4, -0.2) is 10.2 Å². The summed E-state index contributed by atoms with van der Waals surface area (Å²) in [4.78, 5) is 12.4. The molecule has 0 aliphatic rings. The maximum Gasteiger partial charge on any atom is 0.280 e. The molecule has 16 heavy (non-hydrogen) atoms. The van der Waals surface area contributed by atoms with E-state index in [2.05, 4.69) is 47.4 Å². The second-order valence-corrected chi connectivity index (χ2v) is 6.33. The van der Waals surface area contributed by atoms with E-state index in [1.807, 2.05) is 12.1 Å². The van der Waals surface area contributed by atoms with Gasteiger partial charge in [-0.2, -0.15) is 5.10 Å². The van der Waals surface area contributed by atoms with Gasteiger partial charge in [-0.1, -0.05) is 0 Å². The maximum absolute atomic E-state index is 11.2. The molecule has 2 heterocycles. The van der Waals surface area contributed by atoms with Crippen molar-refractivity contribution in [1.82, 2.24) is 10.2 Å². The van der Waals surface area contributed by atoms with Crippen LogP contribution in [0.2, 0.25) is 0 Å². The molecule has 0 aliphatic carbocycles. The second-order valence-electron chi connectivity index (χ2n) is 2.99. The normalized spacial score (nSPS) is 10.4. The van der Waals surface area contributed by atoms with Gasteiger partial charge in [0.15, 0.2) is 0 Å². The molecule has 7 heteroatoms. The summed E-state index contributed by atoms with van der Waals surface area (Å²) in [7, 11) is 0. The molecule has 0 fully saturated rings. The second kappa shape index (κ2) is 5.11. The molecule has 0 atom stereocenters. The number of aromatic nitrogens is 2. The van der Waals surface area contributed by atoms with Gasteiger partial charge in [-0.15, -0.1) is 11.3 Å². The van der Waals surface area contributed by atoms with E-state index in [1.165, 1.54) is 4.88 Å². The third-order valence-corrected chi connectivity index (χ3v) is 4.29. The van der Waals surface area contributed by atoms with Crippen LogP contribution in [0, 0.1) is 0 Å². The van der Waals surface area contributed by atoms with Crippen molar-refractivity contribution in [3.8, 4) is 0 Å². The fourth-order valence-electron chi connectivity index (χ4n) is 1.14. The maximum atomic E-state index is 11.2. The number of H-pyrrole nitrogens is 1. The Hall–Kier alpha value is -0.660. The molecule has 0 bridgehead atoms. The van der Waals surface area contributed by atoms with Crippen LogP contribution in [0.1, 0.15) is 4.88 Å². The van der Waals surface area contributed by atoms with Crippen molar-refractivity contribution in [3.63, 3.8) is 0 Å². The number of hydrogen-bond donors (Lipinski definition) is 2. The molecule has 2 N–H and O–H groups in total. The fourth-order valence-corrected chi connectivity index (χ4v) is 2.89. The molecule has 2 aromatic rings. The van der Waals surface area contributed by atoms with Gasteiger partial charge >= 0.3 is 0 Å². The third-order valence-electron chi connectivity index (χ3n) is 1.88. The van der Waals surface area contributed by atoms with Gasteiger partial charge in [-0.05, 0) is 44.0 Å². The van der Waals surface area contributed by atoms with Crippen molar-refractivity contribution >= 4 is 48.9 Å². The number of thiophene rings is 1. The molecule has 0 unspecified atom stereocenters. The number of halogens is 2. The zero-order valence-corrected chi connectivity index (χ0v) is 11.9. The van der Waals surface area contributed by atoms with Gasteiger partial charge in [0.2, 0.25) is 0 Å². The van der Waals surface area contributed by atoms with Crippen molar-refractivity contribution in [2.75, 3.05) is 5.32 Å². The largest absolute Gasteiger partial charge is 0.378 e. The van der Waals surface area contributed by atoms with Crippen molar-refractivity contribution < 1.29 is 0 Å².